The van der Waals surface area contributed by atoms with E-state index in [-0.39, 0.29) is 5.69 Å². The number of hydrogen-bond acceptors (Lipinski definition) is 7. The Bertz CT molecular complexity index is 570. The minimum atomic E-state index is -0.494. The van der Waals surface area contributed by atoms with E-state index in [2.05, 4.69) is 25.0 Å². The van der Waals surface area contributed by atoms with Crippen molar-refractivity contribution in [1.29, 1.82) is 0 Å². The predicted octanol–water partition coefficient (Wildman–Crippen LogP) is 1.68. The Labute approximate surface area is 114 Å². The van der Waals surface area contributed by atoms with Gasteiger partial charge in [0.1, 0.15) is 5.82 Å². The minimum absolute atomic E-state index is 0.192. The van der Waals surface area contributed by atoms with Crippen molar-refractivity contribution >= 4 is 23.1 Å². The maximum atomic E-state index is 11.3. The van der Waals surface area contributed by atoms with Crippen LogP contribution < -0.4 is 5.32 Å². The molecule has 0 spiro atoms. The maximum Gasteiger partial charge on any atom is 0.358 e. The number of aromatic nitrogens is 3. The van der Waals surface area contributed by atoms with Gasteiger partial charge < -0.3 is 10.1 Å². The van der Waals surface area contributed by atoms with Gasteiger partial charge in [-0.2, -0.15) is 0 Å². The number of nitrogens with one attached hydrogen (secondary N) is 1. The summed E-state index contributed by atoms with van der Waals surface area (Å²) in [5, 5.41) is 6.20. The average Bonchev–Trinajstić information content (AvgIpc) is 2.84. The van der Waals surface area contributed by atoms with Crippen molar-refractivity contribution in [3.63, 3.8) is 0 Å². The van der Waals surface area contributed by atoms with Crippen LogP contribution in [0.5, 0.6) is 0 Å². The standard InChI is InChI=1S/C12H14N4O2S/c1-8-15-9(7-19-8)3-4-14-11-6-13-5-10(16-11)12(17)18-2/h5-7H,3-4H2,1-2H3,(H,14,16). The number of rotatable bonds is 5. The number of aryl methyl sites for hydroxylation is 1. The molecule has 0 unspecified atom stereocenters. The van der Waals surface area contributed by atoms with Crippen LogP contribution in [0.3, 0.4) is 0 Å². The van der Waals surface area contributed by atoms with Gasteiger partial charge in [-0.25, -0.2) is 14.8 Å². The van der Waals surface area contributed by atoms with Crippen LogP contribution in [0.4, 0.5) is 5.82 Å². The molecule has 0 saturated carbocycles. The predicted molar refractivity (Wildman–Crippen MR) is 72.4 cm³/mol. The molecule has 1 N–H and O–H groups in total. The van der Waals surface area contributed by atoms with E-state index in [4.69, 9.17) is 0 Å². The lowest BCUT2D eigenvalue weighted by atomic mass is 10.3. The largest absolute Gasteiger partial charge is 0.464 e. The molecule has 0 bridgehead atoms. The van der Waals surface area contributed by atoms with Crippen LogP contribution in [0.1, 0.15) is 21.2 Å². The number of ether oxygens (including phenoxy) is 1. The van der Waals surface area contributed by atoms with Crippen LogP contribution in [-0.4, -0.2) is 34.6 Å². The third-order valence-corrected chi connectivity index (χ3v) is 3.21. The van der Waals surface area contributed by atoms with Crippen molar-refractivity contribution in [3.8, 4) is 0 Å². The quantitative estimate of drug-likeness (QED) is 0.839. The zero-order valence-corrected chi connectivity index (χ0v) is 11.5. The van der Waals surface area contributed by atoms with E-state index in [0.717, 1.165) is 17.1 Å². The van der Waals surface area contributed by atoms with Crippen molar-refractivity contribution in [3.05, 3.63) is 34.2 Å². The molecule has 19 heavy (non-hydrogen) atoms. The monoisotopic (exact) mass is 278 g/mol. The first-order chi connectivity index (χ1) is 9.19. The molecule has 0 aromatic carbocycles. The molecule has 0 radical (unpaired) electrons. The Kier molecular flexibility index (Phi) is 4.40. The third kappa shape index (κ3) is 3.72. The highest BCUT2D eigenvalue weighted by molar-refractivity contribution is 7.09. The van der Waals surface area contributed by atoms with Gasteiger partial charge in [0.25, 0.3) is 0 Å². The van der Waals surface area contributed by atoms with Crippen molar-refractivity contribution in [2.75, 3.05) is 19.0 Å². The Morgan fingerprint density at radius 3 is 2.95 bits per heavy atom. The van der Waals surface area contributed by atoms with Gasteiger partial charge in [0, 0.05) is 18.3 Å². The van der Waals surface area contributed by atoms with Crippen molar-refractivity contribution in [1.82, 2.24) is 15.0 Å². The molecule has 0 aliphatic heterocycles. The van der Waals surface area contributed by atoms with Gasteiger partial charge in [-0.05, 0) is 6.92 Å². The molecule has 2 rings (SSSR count). The van der Waals surface area contributed by atoms with Crippen molar-refractivity contribution in [2.24, 2.45) is 0 Å². The zero-order chi connectivity index (χ0) is 13.7. The topological polar surface area (TPSA) is 77.0 Å². The van der Waals surface area contributed by atoms with E-state index < -0.39 is 5.97 Å². The number of esters is 1. The van der Waals surface area contributed by atoms with Crippen LogP contribution in [-0.2, 0) is 11.2 Å². The SMILES string of the molecule is COC(=O)c1cncc(NCCc2csc(C)n2)n1. The summed E-state index contributed by atoms with van der Waals surface area (Å²) in [4.78, 5) is 23.7. The van der Waals surface area contributed by atoms with Crippen molar-refractivity contribution < 1.29 is 9.53 Å². The Hall–Kier alpha value is -2.02. The lowest BCUT2D eigenvalue weighted by Gasteiger charge is -2.05. The van der Waals surface area contributed by atoms with Gasteiger partial charge in [0.2, 0.25) is 0 Å². The number of thiazole rings is 1. The van der Waals surface area contributed by atoms with Gasteiger partial charge >= 0.3 is 5.97 Å². The number of carbonyl (C=O) groups is 1. The fourth-order valence-corrected chi connectivity index (χ4v) is 2.14. The molecule has 0 aliphatic rings. The second-order valence-electron chi connectivity index (χ2n) is 3.82. The molecule has 0 fully saturated rings. The Balaban J connectivity index is 1.90. The lowest BCUT2D eigenvalue weighted by molar-refractivity contribution is 0.0593. The second-order valence-corrected chi connectivity index (χ2v) is 4.88. The number of carbonyl (C=O) groups excluding carboxylic acids is 1. The summed E-state index contributed by atoms with van der Waals surface area (Å²) in [6.07, 6.45) is 3.74. The summed E-state index contributed by atoms with van der Waals surface area (Å²) in [7, 11) is 1.31. The number of anilines is 1. The van der Waals surface area contributed by atoms with Crippen LogP contribution in [0, 0.1) is 6.92 Å². The third-order valence-electron chi connectivity index (χ3n) is 2.38. The number of methoxy groups -OCH3 is 1. The fourth-order valence-electron chi connectivity index (χ4n) is 1.50. The van der Waals surface area contributed by atoms with E-state index in [9.17, 15) is 4.79 Å². The van der Waals surface area contributed by atoms with Crippen LogP contribution in [0.15, 0.2) is 17.8 Å². The van der Waals surface area contributed by atoms with E-state index in [1.165, 1.54) is 13.3 Å². The second kappa shape index (κ2) is 6.24. The molecule has 100 valence electrons. The molecule has 0 amide bonds. The number of nitrogens with zero attached hydrogens (tertiary/aromatic N) is 3. The molecule has 2 heterocycles. The van der Waals surface area contributed by atoms with E-state index in [0.29, 0.717) is 12.4 Å². The molecule has 0 saturated heterocycles. The highest BCUT2D eigenvalue weighted by Gasteiger charge is 2.08. The first-order valence-corrected chi connectivity index (χ1v) is 6.62. The van der Waals surface area contributed by atoms with E-state index in [1.54, 1.807) is 17.5 Å². The molecule has 2 aromatic rings. The molecule has 2 aromatic heterocycles. The Morgan fingerprint density at radius 2 is 2.26 bits per heavy atom. The first-order valence-electron chi connectivity index (χ1n) is 5.74. The van der Waals surface area contributed by atoms with Gasteiger partial charge in [-0.1, -0.05) is 0 Å². The summed E-state index contributed by atoms with van der Waals surface area (Å²) in [6, 6.07) is 0. The van der Waals surface area contributed by atoms with E-state index >= 15 is 0 Å². The smallest absolute Gasteiger partial charge is 0.358 e. The summed E-state index contributed by atoms with van der Waals surface area (Å²) >= 11 is 1.63. The van der Waals surface area contributed by atoms with Crippen LogP contribution in [0.2, 0.25) is 0 Å². The highest BCUT2D eigenvalue weighted by Crippen LogP contribution is 2.09. The number of hydrogen-bond donors (Lipinski definition) is 1. The highest BCUT2D eigenvalue weighted by atomic mass is 32.1. The summed E-state index contributed by atoms with van der Waals surface area (Å²) < 4.78 is 4.59. The van der Waals surface area contributed by atoms with Crippen LogP contribution >= 0.6 is 11.3 Å². The van der Waals surface area contributed by atoms with Gasteiger partial charge in [-0.3, -0.25) is 4.98 Å². The van der Waals surface area contributed by atoms with Gasteiger partial charge in [0.05, 0.1) is 30.2 Å². The normalized spacial score (nSPS) is 10.2. The molecule has 0 atom stereocenters. The summed E-state index contributed by atoms with van der Waals surface area (Å²) in [6.45, 7) is 2.66. The van der Waals surface area contributed by atoms with Crippen molar-refractivity contribution in [2.45, 2.75) is 13.3 Å². The molecule has 6 nitrogen and oxygen atoms in total. The van der Waals surface area contributed by atoms with E-state index in [1.807, 2.05) is 12.3 Å². The Morgan fingerprint density at radius 1 is 1.42 bits per heavy atom. The van der Waals surface area contributed by atoms with Gasteiger partial charge in [-0.15, -0.1) is 11.3 Å². The lowest BCUT2D eigenvalue weighted by Crippen LogP contribution is -2.10. The summed E-state index contributed by atoms with van der Waals surface area (Å²) in [5.74, 6) is 0.0566. The molecular formula is C12H14N4O2S. The maximum absolute atomic E-state index is 11.3. The molecular weight excluding hydrogens is 264 g/mol. The fraction of sp³-hybridized carbons (Fsp3) is 0.333. The zero-order valence-electron chi connectivity index (χ0n) is 10.7. The summed E-state index contributed by atoms with van der Waals surface area (Å²) in [5.41, 5.74) is 1.24. The van der Waals surface area contributed by atoms with Gasteiger partial charge in [0.15, 0.2) is 5.69 Å². The molecule has 7 heteroatoms. The average molecular weight is 278 g/mol. The van der Waals surface area contributed by atoms with Crippen LogP contribution in [0.25, 0.3) is 0 Å². The first kappa shape index (κ1) is 13.4. The molecule has 0 aliphatic carbocycles. The minimum Gasteiger partial charge on any atom is -0.464 e.